The number of nitrogens with two attached hydrogens (primary N) is 1. The van der Waals surface area contributed by atoms with E-state index in [1.54, 1.807) is 6.92 Å². The highest BCUT2D eigenvalue weighted by molar-refractivity contribution is 5.17. The summed E-state index contributed by atoms with van der Waals surface area (Å²) in [5, 5.41) is 9.29. The lowest BCUT2D eigenvalue weighted by Gasteiger charge is -1.98. The lowest BCUT2D eigenvalue weighted by atomic mass is 10.4. The maximum Gasteiger partial charge on any atom is 0.315 e. The van der Waals surface area contributed by atoms with Crippen molar-refractivity contribution in [1.82, 2.24) is 10.2 Å². The fourth-order valence-electron chi connectivity index (χ4n) is 0.654. The van der Waals surface area contributed by atoms with Crippen LogP contribution in [0.25, 0.3) is 0 Å². The molecule has 1 heterocycles. The molecule has 5 nitrogen and oxygen atoms in total. The third-order valence-electron chi connectivity index (χ3n) is 1.24. The van der Waals surface area contributed by atoms with E-state index in [1.165, 1.54) is 0 Å². The minimum Gasteiger partial charge on any atom is -0.406 e. The van der Waals surface area contributed by atoms with Crippen molar-refractivity contribution >= 4 is 6.01 Å². The third kappa shape index (κ3) is 2.94. The molecule has 7 heteroatoms. The predicted octanol–water partition coefficient (Wildman–Crippen LogP) is 0.766. The Morgan fingerprint density at radius 2 is 2.23 bits per heavy atom. The number of alkyl halides is 2. The average Bonchev–Trinajstić information content (AvgIpc) is 2.48. The van der Waals surface area contributed by atoms with E-state index in [4.69, 9.17) is 10.2 Å². The second-order valence-electron chi connectivity index (χ2n) is 2.51. The summed E-state index contributed by atoms with van der Waals surface area (Å²) in [7, 11) is 0. The van der Waals surface area contributed by atoms with E-state index in [0.29, 0.717) is 0 Å². The van der Waals surface area contributed by atoms with Gasteiger partial charge in [0.1, 0.15) is 0 Å². The fraction of sp³-hybridized carbons (Fsp3) is 0.667. The SMILES string of the molecule is CC(N)c1nnc(NCC(F)F)o1. The highest BCUT2D eigenvalue weighted by Gasteiger charge is 2.10. The highest BCUT2D eigenvalue weighted by Crippen LogP contribution is 2.11. The van der Waals surface area contributed by atoms with Crippen molar-refractivity contribution in [3.8, 4) is 0 Å². The second kappa shape index (κ2) is 4.13. The van der Waals surface area contributed by atoms with Gasteiger partial charge in [0.15, 0.2) is 0 Å². The summed E-state index contributed by atoms with van der Waals surface area (Å²) in [6.45, 7) is 1.14. The normalized spacial score (nSPS) is 13.3. The van der Waals surface area contributed by atoms with Crippen LogP contribution in [0, 0.1) is 0 Å². The molecule has 0 radical (unpaired) electrons. The van der Waals surface area contributed by atoms with Crippen LogP contribution in [0.4, 0.5) is 14.8 Å². The lowest BCUT2D eigenvalue weighted by molar-refractivity contribution is 0.162. The summed E-state index contributed by atoms with van der Waals surface area (Å²) in [5.41, 5.74) is 5.41. The van der Waals surface area contributed by atoms with Gasteiger partial charge in [-0.2, -0.15) is 0 Å². The Bertz CT molecular complexity index is 263. The van der Waals surface area contributed by atoms with Crippen LogP contribution in [0.2, 0.25) is 0 Å². The first-order chi connectivity index (χ1) is 6.09. The van der Waals surface area contributed by atoms with Crippen molar-refractivity contribution < 1.29 is 13.2 Å². The Morgan fingerprint density at radius 1 is 1.54 bits per heavy atom. The number of anilines is 1. The van der Waals surface area contributed by atoms with Gasteiger partial charge in [-0.3, -0.25) is 0 Å². The van der Waals surface area contributed by atoms with E-state index < -0.39 is 19.0 Å². The third-order valence-corrected chi connectivity index (χ3v) is 1.24. The quantitative estimate of drug-likeness (QED) is 0.736. The first-order valence-electron chi connectivity index (χ1n) is 3.70. The molecule has 0 aliphatic carbocycles. The molecule has 0 aliphatic heterocycles. The van der Waals surface area contributed by atoms with Gasteiger partial charge in [0.2, 0.25) is 5.89 Å². The van der Waals surface area contributed by atoms with Gasteiger partial charge in [-0.1, -0.05) is 5.10 Å². The molecule has 1 unspecified atom stereocenters. The van der Waals surface area contributed by atoms with Gasteiger partial charge in [-0.15, -0.1) is 5.10 Å². The largest absolute Gasteiger partial charge is 0.406 e. The lowest BCUT2D eigenvalue weighted by Crippen LogP contribution is -2.10. The molecule has 3 N–H and O–H groups in total. The van der Waals surface area contributed by atoms with Crippen LogP contribution in [-0.2, 0) is 0 Å². The topological polar surface area (TPSA) is 77.0 Å². The number of hydrogen-bond donors (Lipinski definition) is 2. The first kappa shape index (κ1) is 9.85. The molecule has 1 aromatic rings. The molecule has 0 amide bonds. The zero-order chi connectivity index (χ0) is 9.84. The van der Waals surface area contributed by atoms with Crippen molar-refractivity contribution in [3.05, 3.63) is 5.89 Å². The van der Waals surface area contributed by atoms with Gasteiger partial charge >= 0.3 is 6.01 Å². The van der Waals surface area contributed by atoms with Gasteiger partial charge in [-0.25, -0.2) is 8.78 Å². The molecule has 1 atom stereocenters. The number of nitrogens with zero attached hydrogens (tertiary/aromatic N) is 2. The summed E-state index contributed by atoms with van der Waals surface area (Å²) < 4.78 is 28.3. The van der Waals surface area contributed by atoms with Crippen molar-refractivity contribution in [2.24, 2.45) is 5.73 Å². The van der Waals surface area contributed by atoms with Crippen molar-refractivity contribution in [3.63, 3.8) is 0 Å². The zero-order valence-electron chi connectivity index (χ0n) is 7.00. The summed E-state index contributed by atoms with van der Waals surface area (Å²) in [5.74, 6) is 0.219. The van der Waals surface area contributed by atoms with Gasteiger partial charge in [0, 0.05) is 0 Å². The van der Waals surface area contributed by atoms with Crippen LogP contribution in [0.1, 0.15) is 18.9 Å². The Balaban J connectivity index is 2.49. The van der Waals surface area contributed by atoms with E-state index >= 15 is 0 Å². The van der Waals surface area contributed by atoms with Crippen LogP contribution < -0.4 is 11.1 Å². The van der Waals surface area contributed by atoms with Crippen LogP contribution >= 0.6 is 0 Å². The summed E-state index contributed by atoms with van der Waals surface area (Å²) in [6.07, 6.45) is -2.45. The van der Waals surface area contributed by atoms with Crippen LogP contribution in [0.5, 0.6) is 0 Å². The standard InChI is InChI=1S/C6H10F2N4O/c1-3(9)5-11-12-6(13-5)10-2-4(7)8/h3-4H,2,9H2,1H3,(H,10,12). The Labute approximate surface area is 73.3 Å². The summed E-state index contributed by atoms with van der Waals surface area (Å²) in [4.78, 5) is 0. The maximum absolute atomic E-state index is 11.7. The molecule has 1 rings (SSSR count). The maximum atomic E-state index is 11.7. The molecule has 0 bridgehead atoms. The number of nitrogens with one attached hydrogen (secondary N) is 1. The van der Waals surface area contributed by atoms with Crippen molar-refractivity contribution in [2.75, 3.05) is 11.9 Å². The smallest absolute Gasteiger partial charge is 0.315 e. The van der Waals surface area contributed by atoms with E-state index in [0.717, 1.165) is 0 Å². The molecule has 0 fully saturated rings. The molecular formula is C6H10F2N4O. The van der Waals surface area contributed by atoms with Gasteiger partial charge in [0.05, 0.1) is 12.6 Å². The molecule has 0 spiro atoms. The van der Waals surface area contributed by atoms with Gasteiger partial charge in [-0.05, 0) is 6.92 Å². The molecule has 0 aliphatic rings. The summed E-state index contributed by atoms with van der Waals surface area (Å²) >= 11 is 0. The van der Waals surface area contributed by atoms with Crippen LogP contribution in [-0.4, -0.2) is 23.2 Å². The monoisotopic (exact) mass is 192 g/mol. The average molecular weight is 192 g/mol. The van der Waals surface area contributed by atoms with E-state index in [-0.39, 0.29) is 11.9 Å². The Morgan fingerprint density at radius 3 is 2.69 bits per heavy atom. The molecule has 74 valence electrons. The number of halogens is 2. The molecule has 0 aromatic carbocycles. The van der Waals surface area contributed by atoms with Gasteiger partial charge in [0.25, 0.3) is 6.43 Å². The molecule has 1 aromatic heterocycles. The molecule has 0 saturated heterocycles. The van der Waals surface area contributed by atoms with E-state index in [9.17, 15) is 8.78 Å². The molecule has 13 heavy (non-hydrogen) atoms. The van der Waals surface area contributed by atoms with Gasteiger partial charge < -0.3 is 15.5 Å². The van der Waals surface area contributed by atoms with Crippen LogP contribution in [0.3, 0.4) is 0 Å². The molecule has 0 saturated carbocycles. The highest BCUT2D eigenvalue weighted by atomic mass is 19.3. The van der Waals surface area contributed by atoms with Crippen LogP contribution in [0.15, 0.2) is 4.42 Å². The number of hydrogen-bond acceptors (Lipinski definition) is 5. The van der Waals surface area contributed by atoms with Crippen molar-refractivity contribution in [2.45, 2.75) is 19.4 Å². The Hall–Kier alpha value is -1.24. The zero-order valence-corrected chi connectivity index (χ0v) is 7.00. The van der Waals surface area contributed by atoms with Crippen molar-refractivity contribution in [1.29, 1.82) is 0 Å². The predicted molar refractivity (Wildman–Crippen MR) is 41.4 cm³/mol. The fourth-order valence-corrected chi connectivity index (χ4v) is 0.654. The minimum absolute atomic E-state index is 0.0346. The Kier molecular flexibility index (Phi) is 3.13. The molecular weight excluding hydrogens is 182 g/mol. The number of aromatic nitrogens is 2. The van der Waals surface area contributed by atoms with E-state index in [2.05, 4.69) is 15.5 Å². The first-order valence-corrected chi connectivity index (χ1v) is 3.70. The van der Waals surface area contributed by atoms with E-state index in [1.807, 2.05) is 0 Å². The second-order valence-corrected chi connectivity index (χ2v) is 2.51. The minimum atomic E-state index is -2.45. The summed E-state index contributed by atoms with van der Waals surface area (Å²) in [6, 6.07) is -0.429. The number of rotatable bonds is 4.